The topological polar surface area (TPSA) is 99.2 Å². The standard InChI is InChI=1S/C16H16F4N4O3/c1-24-12(13(21)25)11(6-22-24)23-14(26)10-4-2-3-9(5-10)7-27-8-16(19,20)15(17)18/h2-6,15H,7-8H2,1H3,(H2,21,25)(H,23,26). The van der Waals surface area contributed by atoms with Gasteiger partial charge in [0, 0.05) is 12.6 Å². The lowest BCUT2D eigenvalue weighted by molar-refractivity contribution is -0.168. The summed E-state index contributed by atoms with van der Waals surface area (Å²) in [5.74, 6) is -5.64. The van der Waals surface area contributed by atoms with Crippen molar-refractivity contribution in [2.45, 2.75) is 19.0 Å². The number of hydrogen-bond acceptors (Lipinski definition) is 4. The molecule has 3 N–H and O–H groups in total. The van der Waals surface area contributed by atoms with Gasteiger partial charge in [0.25, 0.3) is 11.8 Å². The summed E-state index contributed by atoms with van der Waals surface area (Å²) in [6, 6.07) is 5.73. The molecule has 0 aliphatic carbocycles. The van der Waals surface area contributed by atoms with Gasteiger partial charge in [-0.05, 0) is 17.7 Å². The number of ether oxygens (including phenoxy) is 1. The van der Waals surface area contributed by atoms with Crippen molar-refractivity contribution in [1.82, 2.24) is 9.78 Å². The quantitative estimate of drug-likeness (QED) is 0.677. The minimum atomic E-state index is -4.25. The van der Waals surface area contributed by atoms with Crippen molar-refractivity contribution in [1.29, 1.82) is 0 Å². The first kappa shape index (κ1) is 20.4. The van der Waals surface area contributed by atoms with E-state index in [2.05, 4.69) is 15.2 Å². The monoisotopic (exact) mass is 388 g/mol. The van der Waals surface area contributed by atoms with Crippen LogP contribution in [-0.4, -0.2) is 40.5 Å². The summed E-state index contributed by atoms with van der Waals surface area (Å²) >= 11 is 0. The number of nitrogens with two attached hydrogens (primary N) is 1. The molecule has 11 heteroatoms. The Morgan fingerprint density at radius 3 is 2.70 bits per heavy atom. The number of anilines is 1. The first-order chi connectivity index (χ1) is 12.6. The molecule has 0 radical (unpaired) electrons. The van der Waals surface area contributed by atoms with Gasteiger partial charge < -0.3 is 15.8 Å². The first-order valence-corrected chi connectivity index (χ1v) is 7.57. The molecule has 1 aromatic carbocycles. The van der Waals surface area contributed by atoms with Crippen LogP contribution in [0.5, 0.6) is 0 Å². The van der Waals surface area contributed by atoms with Crippen LogP contribution >= 0.6 is 0 Å². The Hall–Kier alpha value is -2.95. The van der Waals surface area contributed by atoms with Crippen LogP contribution in [0.3, 0.4) is 0 Å². The highest BCUT2D eigenvalue weighted by Crippen LogP contribution is 2.23. The molecule has 2 aromatic rings. The predicted molar refractivity (Wildman–Crippen MR) is 86.7 cm³/mol. The number of aromatic nitrogens is 2. The summed E-state index contributed by atoms with van der Waals surface area (Å²) in [6.45, 7) is -1.83. The van der Waals surface area contributed by atoms with Gasteiger partial charge in [-0.1, -0.05) is 12.1 Å². The number of rotatable bonds is 8. The lowest BCUT2D eigenvalue weighted by Gasteiger charge is -2.15. The Bertz CT molecular complexity index is 839. The number of halogens is 4. The number of hydrogen-bond donors (Lipinski definition) is 2. The second-order valence-electron chi connectivity index (χ2n) is 5.60. The van der Waals surface area contributed by atoms with E-state index in [1.165, 1.54) is 42.2 Å². The summed E-state index contributed by atoms with van der Waals surface area (Å²) in [4.78, 5) is 23.7. The van der Waals surface area contributed by atoms with Crippen molar-refractivity contribution in [2.24, 2.45) is 12.8 Å². The average molecular weight is 388 g/mol. The number of amides is 2. The first-order valence-electron chi connectivity index (χ1n) is 7.57. The second kappa shape index (κ2) is 8.16. The van der Waals surface area contributed by atoms with Gasteiger partial charge in [-0.2, -0.15) is 13.9 Å². The van der Waals surface area contributed by atoms with Crippen LogP contribution in [0.15, 0.2) is 30.5 Å². The Morgan fingerprint density at radius 2 is 2.07 bits per heavy atom. The van der Waals surface area contributed by atoms with E-state index in [1.807, 2.05) is 0 Å². The zero-order valence-electron chi connectivity index (χ0n) is 14.1. The molecular weight excluding hydrogens is 372 g/mol. The van der Waals surface area contributed by atoms with Crippen LogP contribution in [0.2, 0.25) is 0 Å². The highest BCUT2D eigenvalue weighted by Gasteiger charge is 2.40. The Labute approximate surface area is 151 Å². The summed E-state index contributed by atoms with van der Waals surface area (Å²) in [5, 5.41) is 6.30. The van der Waals surface area contributed by atoms with E-state index in [9.17, 15) is 27.2 Å². The number of aryl methyl sites for hydroxylation is 1. The van der Waals surface area contributed by atoms with E-state index in [-0.39, 0.29) is 23.6 Å². The molecule has 0 saturated carbocycles. The minimum Gasteiger partial charge on any atom is -0.370 e. The Kier molecular flexibility index (Phi) is 6.16. The number of carbonyl (C=O) groups excluding carboxylic acids is 2. The minimum absolute atomic E-state index is 0.00271. The smallest absolute Gasteiger partial charge is 0.330 e. The van der Waals surface area contributed by atoms with E-state index in [0.717, 1.165) is 0 Å². The summed E-state index contributed by atoms with van der Waals surface area (Å²) in [5.41, 5.74) is 5.79. The maximum Gasteiger partial charge on any atom is 0.330 e. The van der Waals surface area contributed by atoms with Crippen molar-refractivity contribution in [2.75, 3.05) is 11.9 Å². The third kappa shape index (κ3) is 5.03. The SMILES string of the molecule is Cn1ncc(NC(=O)c2cccc(COCC(F)(F)C(F)F)c2)c1C(N)=O. The fourth-order valence-electron chi connectivity index (χ4n) is 2.19. The van der Waals surface area contributed by atoms with Crippen LogP contribution in [0.4, 0.5) is 23.2 Å². The van der Waals surface area contributed by atoms with Crippen molar-refractivity contribution in [3.05, 3.63) is 47.3 Å². The van der Waals surface area contributed by atoms with Gasteiger partial charge in [-0.15, -0.1) is 0 Å². The molecule has 0 fully saturated rings. The van der Waals surface area contributed by atoms with Gasteiger partial charge in [-0.3, -0.25) is 14.3 Å². The molecule has 0 aliphatic rings. The van der Waals surface area contributed by atoms with Gasteiger partial charge >= 0.3 is 12.3 Å². The highest BCUT2D eigenvalue weighted by molar-refractivity contribution is 6.08. The summed E-state index contributed by atoms with van der Waals surface area (Å²) in [7, 11) is 1.48. The summed E-state index contributed by atoms with van der Waals surface area (Å²) < 4.78 is 55.6. The van der Waals surface area contributed by atoms with E-state index in [0.29, 0.717) is 5.56 Å². The Balaban J connectivity index is 2.04. The van der Waals surface area contributed by atoms with Gasteiger partial charge in [0.15, 0.2) is 0 Å². The number of benzene rings is 1. The molecular formula is C16H16F4N4O3. The van der Waals surface area contributed by atoms with Crippen LogP contribution in [0, 0.1) is 0 Å². The molecule has 27 heavy (non-hydrogen) atoms. The largest absolute Gasteiger partial charge is 0.370 e. The number of carbonyl (C=O) groups is 2. The maximum atomic E-state index is 12.8. The van der Waals surface area contributed by atoms with Gasteiger partial charge in [0.05, 0.1) is 18.5 Å². The van der Waals surface area contributed by atoms with E-state index in [4.69, 9.17) is 5.73 Å². The van der Waals surface area contributed by atoms with E-state index >= 15 is 0 Å². The zero-order valence-corrected chi connectivity index (χ0v) is 14.1. The fraction of sp³-hybridized carbons (Fsp3) is 0.312. The molecule has 0 saturated heterocycles. The number of primary amides is 1. The van der Waals surface area contributed by atoms with Gasteiger partial charge in [0.2, 0.25) is 0 Å². The average Bonchev–Trinajstić information content (AvgIpc) is 2.95. The number of alkyl halides is 4. The molecule has 0 bridgehead atoms. The predicted octanol–water partition coefficient (Wildman–Crippen LogP) is 2.19. The van der Waals surface area contributed by atoms with E-state index < -0.39 is 30.8 Å². The molecule has 0 spiro atoms. The fourth-order valence-corrected chi connectivity index (χ4v) is 2.19. The summed E-state index contributed by atoms with van der Waals surface area (Å²) in [6.07, 6.45) is -2.58. The van der Waals surface area contributed by atoms with Crippen LogP contribution in [-0.2, 0) is 18.4 Å². The molecule has 0 aliphatic heterocycles. The zero-order chi connectivity index (χ0) is 20.2. The van der Waals surface area contributed by atoms with Gasteiger partial charge in [0.1, 0.15) is 12.3 Å². The molecule has 146 valence electrons. The molecule has 2 rings (SSSR count). The highest BCUT2D eigenvalue weighted by atomic mass is 19.3. The lowest BCUT2D eigenvalue weighted by Crippen LogP contribution is -2.32. The molecule has 7 nitrogen and oxygen atoms in total. The van der Waals surface area contributed by atoms with Crippen molar-refractivity contribution >= 4 is 17.5 Å². The van der Waals surface area contributed by atoms with Crippen LogP contribution in [0.1, 0.15) is 26.4 Å². The van der Waals surface area contributed by atoms with Crippen LogP contribution < -0.4 is 11.1 Å². The lowest BCUT2D eigenvalue weighted by atomic mass is 10.1. The molecule has 0 atom stereocenters. The second-order valence-corrected chi connectivity index (χ2v) is 5.60. The molecule has 0 unspecified atom stereocenters. The van der Waals surface area contributed by atoms with Gasteiger partial charge in [-0.25, -0.2) is 8.78 Å². The van der Waals surface area contributed by atoms with Crippen molar-refractivity contribution in [3.63, 3.8) is 0 Å². The molecule has 2 amide bonds. The molecule has 1 aromatic heterocycles. The third-order valence-corrected chi connectivity index (χ3v) is 3.49. The number of nitrogens with zero attached hydrogens (tertiary/aromatic N) is 2. The van der Waals surface area contributed by atoms with Crippen molar-refractivity contribution in [3.8, 4) is 0 Å². The van der Waals surface area contributed by atoms with Crippen molar-refractivity contribution < 1.29 is 31.9 Å². The number of nitrogens with one attached hydrogen (secondary N) is 1. The van der Waals surface area contributed by atoms with Crippen LogP contribution in [0.25, 0.3) is 0 Å². The maximum absolute atomic E-state index is 12.8. The Morgan fingerprint density at radius 1 is 1.37 bits per heavy atom. The molecule has 1 heterocycles. The van der Waals surface area contributed by atoms with E-state index in [1.54, 1.807) is 0 Å². The third-order valence-electron chi connectivity index (χ3n) is 3.49. The normalized spacial score (nSPS) is 11.6.